The molecule has 2 N–H and O–H groups in total. The lowest BCUT2D eigenvalue weighted by atomic mass is 10.3. The maximum atomic E-state index is 12.9. The van der Waals surface area contributed by atoms with Gasteiger partial charge < -0.3 is 15.4 Å². The predicted molar refractivity (Wildman–Crippen MR) is 66.1 cm³/mol. The van der Waals surface area contributed by atoms with E-state index in [0.29, 0.717) is 18.8 Å². The van der Waals surface area contributed by atoms with Gasteiger partial charge in [-0.3, -0.25) is 4.79 Å². The lowest BCUT2D eigenvalue weighted by molar-refractivity contribution is -0.132. The van der Waals surface area contributed by atoms with Gasteiger partial charge in [0.1, 0.15) is 11.6 Å². The normalized spacial score (nSPS) is 19.1. The standard InChI is InChI=1S/C12H14ClFN2O2/c13-10-5-9(1-2-11(10)14)18-7-12(17)16-4-3-8(15)6-16/h1-2,5,8H,3-4,6-7,15H2/t8-/m0/s1. The SMILES string of the molecule is N[C@H]1CCN(C(=O)COc2ccc(F)c(Cl)c2)C1. The number of amides is 1. The van der Waals surface area contributed by atoms with Crippen LogP contribution in [0.2, 0.25) is 5.02 Å². The Morgan fingerprint density at radius 2 is 2.39 bits per heavy atom. The third-order valence-electron chi connectivity index (χ3n) is 2.83. The first kappa shape index (κ1) is 13.1. The molecule has 18 heavy (non-hydrogen) atoms. The van der Waals surface area contributed by atoms with Gasteiger partial charge in [0.15, 0.2) is 6.61 Å². The molecule has 1 aromatic rings. The Morgan fingerprint density at radius 3 is 3.00 bits per heavy atom. The van der Waals surface area contributed by atoms with Crippen molar-refractivity contribution in [2.24, 2.45) is 5.73 Å². The summed E-state index contributed by atoms with van der Waals surface area (Å²) in [5.74, 6) is -0.262. The molecule has 1 aromatic carbocycles. The van der Waals surface area contributed by atoms with Crippen LogP contribution in [0.3, 0.4) is 0 Å². The first-order valence-electron chi connectivity index (χ1n) is 5.67. The molecule has 4 nitrogen and oxygen atoms in total. The summed E-state index contributed by atoms with van der Waals surface area (Å²) in [4.78, 5) is 13.4. The van der Waals surface area contributed by atoms with Crippen molar-refractivity contribution in [1.29, 1.82) is 0 Å². The summed E-state index contributed by atoms with van der Waals surface area (Å²) in [6.07, 6.45) is 0.814. The molecule has 1 heterocycles. The third kappa shape index (κ3) is 3.11. The van der Waals surface area contributed by atoms with Gasteiger partial charge in [-0.25, -0.2) is 4.39 Å². The number of benzene rings is 1. The fraction of sp³-hybridized carbons (Fsp3) is 0.417. The Hall–Kier alpha value is -1.33. The lowest BCUT2D eigenvalue weighted by Crippen LogP contribution is -2.35. The fourth-order valence-electron chi connectivity index (χ4n) is 1.82. The average molecular weight is 273 g/mol. The fourth-order valence-corrected chi connectivity index (χ4v) is 1.99. The molecule has 1 amide bonds. The van der Waals surface area contributed by atoms with Crippen LogP contribution in [-0.4, -0.2) is 36.5 Å². The number of halogens is 2. The number of ether oxygens (including phenoxy) is 1. The van der Waals surface area contributed by atoms with Crippen molar-refractivity contribution in [2.45, 2.75) is 12.5 Å². The zero-order valence-corrected chi connectivity index (χ0v) is 10.5. The van der Waals surface area contributed by atoms with Crippen LogP contribution >= 0.6 is 11.6 Å². The van der Waals surface area contributed by atoms with Crippen LogP contribution < -0.4 is 10.5 Å². The molecule has 0 aliphatic carbocycles. The van der Waals surface area contributed by atoms with Crippen molar-refractivity contribution in [3.63, 3.8) is 0 Å². The van der Waals surface area contributed by atoms with Crippen LogP contribution in [0.15, 0.2) is 18.2 Å². The van der Waals surface area contributed by atoms with Crippen LogP contribution in [0.5, 0.6) is 5.75 Å². The molecule has 1 aliphatic heterocycles. The van der Waals surface area contributed by atoms with Gasteiger partial charge in [0, 0.05) is 25.2 Å². The number of hydrogen-bond acceptors (Lipinski definition) is 3. The van der Waals surface area contributed by atoms with Crippen LogP contribution in [0, 0.1) is 5.82 Å². The van der Waals surface area contributed by atoms with Crippen LogP contribution in [0.1, 0.15) is 6.42 Å². The van der Waals surface area contributed by atoms with E-state index in [9.17, 15) is 9.18 Å². The molecule has 1 aliphatic rings. The highest BCUT2D eigenvalue weighted by Gasteiger charge is 2.23. The summed E-state index contributed by atoms with van der Waals surface area (Å²) >= 11 is 5.61. The van der Waals surface area contributed by atoms with Gasteiger partial charge in [-0.1, -0.05) is 11.6 Å². The van der Waals surface area contributed by atoms with E-state index in [1.54, 1.807) is 4.90 Å². The molecule has 98 valence electrons. The van der Waals surface area contributed by atoms with Crippen LogP contribution in [0.25, 0.3) is 0 Å². The van der Waals surface area contributed by atoms with E-state index in [1.807, 2.05) is 0 Å². The summed E-state index contributed by atoms with van der Waals surface area (Å²) in [7, 11) is 0. The third-order valence-corrected chi connectivity index (χ3v) is 3.12. The first-order valence-corrected chi connectivity index (χ1v) is 6.05. The van der Waals surface area contributed by atoms with Crippen molar-refractivity contribution in [3.8, 4) is 5.75 Å². The van der Waals surface area contributed by atoms with Gasteiger partial charge in [0.2, 0.25) is 0 Å². The molecular weight excluding hydrogens is 259 g/mol. The van der Waals surface area contributed by atoms with Gasteiger partial charge in [-0.15, -0.1) is 0 Å². The molecule has 0 saturated carbocycles. The number of nitrogens with two attached hydrogens (primary N) is 1. The number of carbonyl (C=O) groups excluding carboxylic acids is 1. The minimum atomic E-state index is -0.513. The summed E-state index contributed by atoms with van der Waals surface area (Å²) in [5, 5.41) is -0.0249. The second-order valence-electron chi connectivity index (χ2n) is 4.25. The van der Waals surface area contributed by atoms with Gasteiger partial charge in [-0.2, -0.15) is 0 Å². The molecule has 0 unspecified atom stereocenters. The number of carbonyl (C=O) groups is 1. The average Bonchev–Trinajstić information content (AvgIpc) is 2.77. The van der Waals surface area contributed by atoms with E-state index < -0.39 is 5.82 Å². The van der Waals surface area contributed by atoms with Crippen LogP contribution in [-0.2, 0) is 4.79 Å². The maximum Gasteiger partial charge on any atom is 0.260 e. The molecule has 2 rings (SSSR count). The number of likely N-dealkylation sites (tertiary alicyclic amines) is 1. The molecule has 0 radical (unpaired) electrons. The second-order valence-corrected chi connectivity index (χ2v) is 4.66. The molecule has 0 spiro atoms. The summed E-state index contributed by atoms with van der Waals surface area (Å²) in [6.45, 7) is 1.13. The van der Waals surface area contributed by atoms with Crippen molar-refractivity contribution in [1.82, 2.24) is 4.90 Å². The van der Waals surface area contributed by atoms with Gasteiger partial charge in [-0.05, 0) is 18.6 Å². The Morgan fingerprint density at radius 1 is 1.61 bits per heavy atom. The molecule has 0 aromatic heterocycles. The Balaban J connectivity index is 1.87. The largest absolute Gasteiger partial charge is 0.484 e. The van der Waals surface area contributed by atoms with Gasteiger partial charge in [0.25, 0.3) is 5.91 Å². The lowest BCUT2D eigenvalue weighted by Gasteiger charge is -2.16. The molecule has 1 fully saturated rings. The molecule has 1 saturated heterocycles. The second kappa shape index (κ2) is 5.54. The van der Waals surface area contributed by atoms with E-state index in [2.05, 4.69) is 0 Å². The smallest absolute Gasteiger partial charge is 0.260 e. The topological polar surface area (TPSA) is 55.6 Å². The number of hydrogen-bond donors (Lipinski definition) is 1. The summed E-state index contributed by atoms with van der Waals surface area (Å²) < 4.78 is 18.2. The van der Waals surface area contributed by atoms with Crippen molar-refractivity contribution < 1.29 is 13.9 Å². The van der Waals surface area contributed by atoms with E-state index >= 15 is 0 Å². The monoisotopic (exact) mass is 272 g/mol. The minimum absolute atomic E-state index is 0.0249. The molecule has 0 bridgehead atoms. The summed E-state index contributed by atoms with van der Waals surface area (Å²) in [5.41, 5.74) is 5.71. The van der Waals surface area contributed by atoms with E-state index in [-0.39, 0.29) is 23.6 Å². The predicted octanol–water partition coefficient (Wildman–Crippen LogP) is 1.42. The Kier molecular flexibility index (Phi) is 4.04. The number of rotatable bonds is 3. The van der Waals surface area contributed by atoms with Crippen molar-refractivity contribution in [2.75, 3.05) is 19.7 Å². The van der Waals surface area contributed by atoms with Gasteiger partial charge >= 0.3 is 0 Å². The highest BCUT2D eigenvalue weighted by molar-refractivity contribution is 6.30. The molecule has 1 atom stereocenters. The van der Waals surface area contributed by atoms with Crippen LogP contribution in [0.4, 0.5) is 4.39 Å². The molecular formula is C12H14ClFN2O2. The van der Waals surface area contributed by atoms with Crippen molar-refractivity contribution >= 4 is 17.5 Å². The quantitative estimate of drug-likeness (QED) is 0.905. The zero-order valence-electron chi connectivity index (χ0n) is 9.73. The van der Waals surface area contributed by atoms with E-state index in [0.717, 1.165) is 6.42 Å². The summed E-state index contributed by atoms with van der Waals surface area (Å²) in [6, 6.07) is 4.03. The highest BCUT2D eigenvalue weighted by atomic mass is 35.5. The minimum Gasteiger partial charge on any atom is -0.484 e. The Labute approximate surface area is 109 Å². The Bertz CT molecular complexity index is 456. The molecule has 6 heteroatoms. The maximum absolute atomic E-state index is 12.9. The van der Waals surface area contributed by atoms with Crippen molar-refractivity contribution in [3.05, 3.63) is 29.0 Å². The van der Waals surface area contributed by atoms with E-state index in [1.165, 1.54) is 18.2 Å². The zero-order chi connectivity index (χ0) is 13.1. The highest BCUT2D eigenvalue weighted by Crippen LogP contribution is 2.21. The van der Waals surface area contributed by atoms with E-state index in [4.69, 9.17) is 22.1 Å². The van der Waals surface area contributed by atoms with Gasteiger partial charge in [0.05, 0.1) is 5.02 Å². The first-order chi connectivity index (χ1) is 8.56. The number of nitrogens with zero attached hydrogens (tertiary/aromatic N) is 1.